The standard InChI is InChI=1S/C10H11ClN2O2/c1-6-4-10(6)12-9-3-2-7(13(14)15)5-8(9)11/h2-3,5-6,10,12H,4H2,1H3. The number of hydrogen-bond acceptors (Lipinski definition) is 3. The summed E-state index contributed by atoms with van der Waals surface area (Å²) in [6.07, 6.45) is 1.13. The molecular formula is C10H11ClN2O2. The van der Waals surface area contributed by atoms with E-state index in [9.17, 15) is 10.1 Å². The van der Waals surface area contributed by atoms with Crippen LogP contribution < -0.4 is 5.32 Å². The molecule has 1 aromatic carbocycles. The van der Waals surface area contributed by atoms with Gasteiger partial charge >= 0.3 is 0 Å². The van der Waals surface area contributed by atoms with Gasteiger partial charge in [-0.15, -0.1) is 0 Å². The van der Waals surface area contributed by atoms with Crippen molar-refractivity contribution < 1.29 is 4.92 Å². The lowest BCUT2D eigenvalue weighted by Crippen LogP contribution is -2.03. The molecule has 0 heterocycles. The van der Waals surface area contributed by atoms with Gasteiger partial charge in [0.15, 0.2) is 0 Å². The minimum Gasteiger partial charge on any atom is -0.381 e. The van der Waals surface area contributed by atoms with Crippen molar-refractivity contribution in [2.24, 2.45) is 5.92 Å². The van der Waals surface area contributed by atoms with E-state index in [4.69, 9.17) is 11.6 Å². The molecule has 2 unspecified atom stereocenters. The van der Waals surface area contributed by atoms with Crippen molar-refractivity contribution in [3.8, 4) is 0 Å². The maximum Gasteiger partial charge on any atom is 0.271 e. The summed E-state index contributed by atoms with van der Waals surface area (Å²) in [6.45, 7) is 2.15. The summed E-state index contributed by atoms with van der Waals surface area (Å²) in [5.41, 5.74) is 0.797. The van der Waals surface area contributed by atoms with Gasteiger partial charge in [0, 0.05) is 18.2 Å². The molecule has 80 valence electrons. The Labute approximate surface area is 92.4 Å². The molecule has 1 aliphatic carbocycles. The topological polar surface area (TPSA) is 55.2 Å². The summed E-state index contributed by atoms with van der Waals surface area (Å²) in [5, 5.41) is 14.1. The van der Waals surface area contributed by atoms with E-state index >= 15 is 0 Å². The van der Waals surface area contributed by atoms with Crippen molar-refractivity contribution in [2.45, 2.75) is 19.4 Å². The smallest absolute Gasteiger partial charge is 0.271 e. The minimum atomic E-state index is -0.449. The van der Waals surface area contributed by atoms with E-state index in [-0.39, 0.29) is 5.69 Å². The number of nitro benzene ring substituents is 1. The summed E-state index contributed by atoms with van der Waals surface area (Å²) in [6, 6.07) is 4.95. The molecule has 2 rings (SSSR count). The monoisotopic (exact) mass is 226 g/mol. The molecule has 4 nitrogen and oxygen atoms in total. The third-order valence-corrected chi connectivity index (χ3v) is 2.93. The van der Waals surface area contributed by atoms with Gasteiger partial charge in [0.05, 0.1) is 15.6 Å². The molecule has 1 aliphatic rings. The fourth-order valence-electron chi connectivity index (χ4n) is 1.46. The lowest BCUT2D eigenvalue weighted by atomic mass is 10.3. The molecule has 15 heavy (non-hydrogen) atoms. The molecule has 2 atom stereocenters. The molecule has 5 heteroatoms. The van der Waals surface area contributed by atoms with E-state index in [1.807, 2.05) is 0 Å². The fourth-order valence-corrected chi connectivity index (χ4v) is 1.69. The van der Waals surface area contributed by atoms with E-state index in [0.717, 1.165) is 12.1 Å². The summed E-state index contributed by atoms with van der Waals surface area (Å²) in [4.78, 5) is 10.0. The number of non-ortho nitro benzene ring substituents is 1. The van der Waals surface area contributed by atoms with Gasteiger partial charge in [-0.1, -0.05) is 18.5 Å². The Kier molecular flexibility index (Phi) is 2.52. The summed E-state index contributed by atoms with van der Waals surface area (Å²) < 4.78 is 0. The molecule has 0 aliphatic heterocycles. The molecule has 1 saturated carbocycles. The highest BCUT2D eigenvalue weighted by Gasteiger charge is 2.32. The first-order valence-electron chi connectivity index (χ1n) is 4.78. The van der Waals surface area contributed by atoms with Crippen LogP contribution in [0, 0.1) is 16.0 Å². The minimum absolute atomic E-state index is 0.0226. The molecular weight excluding hydrogens is 216 g/mol. The van der Waals surface area contributed by atoms with Crippen LogP contribution in [-0.2, 0) is 0 Å². The summed E-state index contributed by atoms with van der Waals surface area (Å²) >= 11 is 5.93. The molecule has 0 spiro atoms. The Hall–Kier alpha value is -1.29. The number of nitro groups is 1. The van der Waals surface area contributed by atoms with E-state index in [2.05, 4.69) is 12.2 Å². The Morgan fingerprint density at radius 2 is 2.27 bits per heavy atom. The first-order chi connectivity index (χ1) is 7.08. The van der Waals surface area contributed by atoms with Gasteiger partial charge in [-0.25, -0.2) is 0 Å². The molecule has 0 saturated heterocycles. The highest BCUT2D eigenvalue weighted by molar-refractivity contribution is 6.33. The Morgan fingerprint density at radius 1 is 1.60 bits per heavy atom. The van der Waals surface area contributed by atoms with Gasteiger partial charge in [0.1, 0.15) is 0 Å². The number of hydrogen-bond donors (Lipinski definition) is 1. The predicted octanol–water partition coefficient (Wildman–Crippen LogP) is 3.07. The van der Waals surface area contributed by atoms with Gasteiger partial charge in [-0.05, 0) is 18.4 Å². The molecule has 0 bridgehead atoms. The zero-order valence-electron chi connectivity index (χ0n) is 8.24. The van der Waals surface area contributed by atoms with Gasteiger partial charge in [0.2, 0.25) is 0 Å². The van der Waals surface area contributed by atoms with Crippen molar-refractivity contribution >= 4 is 23.0 Å². The lowest BCUT2D eigenvalue weighted by molar-refractivity contribution is -0.384. The predicted molar refractivity (Wildman–Crippen MR) is 59.3 cm³/mol. The second-order valence-electron chi connectivity index (χ2n) is 3.89. The molecule has 0 aromatic heterocycles. The molecule has 0 radical (unpaired) electrons. The van der Waals surface area contributed by atoms with Gasteiger partial charge in [-0.2, -0.15) is 0 Å². The third-order valence-electron chi connectivity index (χ3n) is 2.61. The van der Waals surface area contributed by atoms with Crippen LogP contribution in [0.4, 0.5) is 11.4 Å². The van der Waals surface area contributed by atoms with E-state index < -0.39 is 4.92 Å². The second kappa shape index (κ2) is 3.70. The number of nitrogens with one attached hydrogen (secondary N) is 1. The zero-order chi connectivity index (χ0) is 11.0. The number of benzene rings is 1. The van der Waals surface area contributed by atoms with E-state index in [1.165, 1.54) is 12.1 Å². The third kappa shape index (κ3) is 2.21. The quantitative estimate of drug-likeness (QED) is 0.637. The molecule has 0 amide bonds. The molecule has 1 fully saturated rings. The van der Waals surface area contributed by atoms with Crippen LogP contribution in [0.25, 0.3) is 0 Å². The average molecular weight is 227 g/mol. The highest BCUT2D eigenvalue weighted by atomic mass is 35.5. The van der Waals surface area contributed by atoms with Crippen molar-refractivity contribution in [2.75, 3.05) is 5.32 Å². The zero-order valence-corrected chi connectivity index (χ0v) is 8.99. The van der Waals surface area contributed by atoms with Gasteiger partial charge < -0.3 is 5.32 Å². The maximum atomic E-state index is 10.5. The number of anilines is 1. The number of rotatable bonds is 3. The van der Waals surface area contributed by atoms with E-state index in [1.54, 1.807) is 6.07 Å². The molecule has 1 N–H and O–H groups in total. The average Bonchev–Trinajstić information content (AvgIpc) is 2.85. The van der Waals surface area contributed by atoms with Gasteiger partial charge in [-0.3, -0.25) is 10.1 Å². The maximum absolute atomic E-state index is 10.5. The van der Waals surface area contributed by atoms with Crippen molar-refractivity contribution in [1.29, 1.82) is 0 Å². The Bertz CT molecular complexity index is 408. The SMILES string of the molecule is CC1CC1Nc1ccc([N+](=O)[O-])cc1Cl. The van der Waals surface area contributed by atoms with Crippen LogP contribution in [-0.4, -0.2) is 11.0 Å². The number of halogens is 1. The van der Waals surface area contributed by atoms with Crippen LogP contribution in [0.1, 0.15) is 13.3 Å². The first-order valence-corrected chi connectivity index (χ1v) is 5.16. The van der Waals surface area contributed by atoms with Crippen LogP contribution in [0.2, 0.25) is 5.02 Å². The van der Waals surface area contributed by atoms with Crippen LogP contribution in [0.15, 0.2) is 18.2 Å². The summed E-state index contributed by atoms with van der Waals surface area (Å²) in [7, 11) is 0. The second-order valence-corrected chi connectivity index (χ2v) is 4.29. The van der Waals surface area contributed by atoms with Gasteiger partial charge in [0.25, 0.3) is 5.69 Å². The number of nitrogens with zero attached hydrogens (tertiary/aromatic N) is 1. The van der Waals surface area contributed by atoms with Crippen LogP contribution in [0.3, 0.4) is 0 Å². The Balaban J connectivity index is 2.15. The molecule has 1 aromatic rings. The summed E-state index contributed by atoms with van der Waals surface area (Å²) in [5.74, 6) is 0.663. The highest BCUT2D eigenvalue weighted by Crippen LogP contribution is 2.35. The largest absolute Gasteiger partial charge is 0.381 e. The van der Waals surface area contributed by atoms with E-state index in [0.29, 0.717) is 17.0 Å². The van der Waals surface area contributed by atoms with Crippen LogP contribution in [0.5, 0.6) is 0 Å². The van der Waals surface area contributed by atoms with Crippen LogP contribution >= 0.6 is 11.6 Å². The normalized spacial score (nSPS) is 23.6. The first kappa shape index (κ1) is 10.2. The van der Waals surface area contributed by atoms with Crippen molar-refractivity contribution in [3.05, 3.63) is 33.3 Å². The Morgan fingerprint density at radius 3 is 2.73 bits per heavy atom. The fraction of sp³-hybridized carbons (Fsp3) is 0.400. The van der Waals surface area contributed by atoms with Crippen molar-refractivity contribution in [3.63, 3.8) is 0 Å². The lowest BCUT2D eigenvalue weighted by Gasteiger charge is -2.06. The van der Waals surface area contributed by atoms with Crippen molar-refractivity contribution in [1.82, 2.24) is 0 Å².